The number of nitrogens with one attached hydrogen (secondary N) is 3. The number of aryl methyl sites for hydroxylation is 1. The fraction of sp³-hybridized carbons (Fsp3) is 0.278. The normalized spacial score (nSPS) is 11.8. The van der Waals surface area contributed by atoms with Crippen LogP contribution in [0, 0.1) is 6.92 Å². The van der Waals surface area contributed by atoms with E-state index in [0.717, 1.165) is 0 Å². The van der Waals surface area contributed by atoms with E-state index < -0.39 is 17.8 Å². The first-order chi connectivity index (χ1) is 13.0. The van der Waals surface area contributed by atoms with Crippen molar-refractivity contribution >= 4 is 17.8 Å². The van der Waals surface area contributed by atoms with Gasteiger partial charge in [0, 0.05) is 11.3 Å². The van der Waals surface area contributed by atoms with Crippen LogP contribution in [0.3, 0.4) is 0 Å². The van der Waals surface area contributed by atoms with Gasteiger partial charge in [-0.15, -0.1) is 0 Å². The highest BCUT2D eigenvalue weighted by atomic mass is 16.7. The van der Waals surface area contributed by atoms with Gasteiger partial charge in [-0.25, -0.2) is 4.79 Å². The summed E-state index contributed by atoms with van der Waals surface area (Å²) in [5, 5.41) is 0. The van der Waals surface area contributed by atoms with Gasteiger partial charge in [0.05, 0.1) is 12.7 Å². The molecule has 0 fully saturated rings. The highest BCUT2D eigenvalue weighted by Gasteiger charge is 2.24. The van der Waals surface area contributed by atoms with Gasteiger partial charge in [0.1, 0.15) is 5.69 Å². The molecule has 1 aliphatic heterocycles. The Bertz CT molecular complexity index is 918. The van der Waals surface area contributed by atoms with Crippen LogP contribution in [0.15, 0.2) is 18.2 Å². The molecule has 3 N–H and O–H groups in total. The molecule has 1 aromatic carbocycles. The number of ether oxygens (including phenoxy) is 3. The van der Waals surface area contributed by atoms with Crippen molar-refractivity contribution in [2.75, 3.05) is 13.9 Å². The molecule has 0 aliphatic carbocycles. The van der Waals surface area contributed by atoms with Crippen molar-refractivity contribution in [3.63, 3.8) is 0 Å². The number of amides is 2. The number of methoxy groups -OCH3 is 1. The number of aromatic amines is 1. The van der Waals surface area contributed by atoms with Gasteiger partial charge < -0.3 is 19.2 Å². The maximum absolute atomic E-state index is 12.4. The Labute approximate surface area is 155 Å². The van der Waals surface area contributed by atoms with E-state index in [-0.39, 0.29) is 12.5 Å². The molecule has 142 valence electrons. The van der Waals surface area contributed by atoms with Crippen molar-refractivity contribution in [2.45, 2.75) is 20.3 Å². The quantitative estimate of drug-likeness (QED) is 0.552. The number of esters is 1. The van der Waals surface area contributed by atoms with Gasteiger partial charge in [0.25, 0.3) is 11.8 Å². The molecule has 3 rings (SSSR count). The smallest absolute Gasteiger partial charge is 0.339 e. The van der Waals surface area contributed by atoms with Gasteiger partial charge in [-0.1, -0.05) is 6.92 Å². The minimum absolute atomic E-state index is 0.103. The van der Waals surface area contributed by atoms with Crippen LogP contribution in [0.1, 0.15) is 49.4 Å². The van der Waals surface area contributed by atoms with Crippen molar-refractivity contribution < 1.29 is 28.6 Å². The third-order valence-electron chi connectivity index (χ3n) is 4.22. The molecule has 1 aliphatic rings. The summed E-state index contributed by atoms with van der Waals surface area (Å²) < 4.78 is 15.2. The zero-order valence-electron chi connectivity index (χ0n) is 15.1. The summed E-state index contributed by atoms with van der Waals surface area (Å²) in [7, 11) is 1.28. The average Bonchev–Trinajstić information content (AvgIpc) is 3.28. The maximum atomic E-state index is 12.4. The molecule has 9 heteroatoms. The number of hydrogen-bond acceptors (Lipinski definition) is 6. The van der Waals surface area contributed by atoms with Crippen molar-refractivity contribution in [3.05, 3.63) is 46.3 Å². The molecule has 1 aromatic heterocycles. The molecule has 9 nitrogen and oxygen atoms in total. The van der Waals surface area contributed by atoms with Crippen LogP contribution in [0.4, 0.5) is 0 Å². The fourth-order valence-electron chi connectivity index (χ4n) is 2.82. The largest absolute Gasteiger partial charge is 0.465 e. The molecule has 0 atom stereocenters. The average molecular weight is 373 g/mol. The van der Waals surface area contributed by atoms with Gasteiger partial charge in [0.2, 0.25) is 6.79 Å². The lowest BCUT2D eigenvalue weighted by atomic mass is 10.1. The molecule has 0 saturated carbocycles. The van der Waals surface area contributed by atoms with Crippen LogP contribution < -0.4 is 20.3 Å². The van der Waals surface area contributed by atoms with Gasteiger partial charge in [-0.2, -0.15) is 0 Å². The fourth-order valence-corrected chi connectivity index (χ4v) is 2.82. The monoisotopic (exact) mass is 373 g/mol. The first-order valence-electron chi connectivity index (χ1n) is 8.26. The number of H-pyrrole nitrogens is 1. The second-order valence-corrected chi connectivity index (χ2v) is 5.80. The summed E-state index contributed by atoms with van der Waals surface area (Å²) in [4.78, 5) is 39.5. The Morgan fingerprint density at radius 2 is 1.85 bits per heavy atom. The number of hydrogen-bond donors (Lipinski definition) is 3. The Morgan fingerprint density at radius 1 is 1.15 bits per heavy atom. The minimum Gasteiger partial charge on any atom is -0.465 e. The zero-order chi connectivity index (χ0) is 19.6. The highest BCUT2D eigenvalue weighted by molar-refractivity contribution is 6.02. The summed E-state index contributed by atoms with van der Waals surface area (Å²) >= 11 is 0. The van der Waals surface area contributed by atoms with Gasteiger partial charge in [-0.05, 0) is 37.1 Å². The van der Waals surface area contributed by atoms with E-state index >= 15 is 0 Å². The number of aromatic nitrogens is 1. The molecular formula is C18H19N3O6. The second kappa shape index (κ2) is 7.40. The van der Waals surface area contributed by atoms with Crippen molar-refractivity contribution in [2.24, 2.45) is 0 Å². The first-order valence-corrected chi connectivity index (χ1v) is 8.26. The molecule has 0 radical (unpaired) electrons. The van der Waals surface area contributed by atoms with Crippen LogP contribution >= 0.6 is 0 Å². The molecule has 2 amide bonds. The Kier molecular flexibility index (Phi) is 5.02. The zero-order valence-corrected chi connectivity index (χ0v) is 15.1. The molecule has 0 spiro atoms. The van der Waals surface area contributed by atoms with Crippen LogP contribution in [0.25, 0.3) is 0 Å². The number of rotatable bonds is 4. The van der Waals surface area contributed by atoms with E-state index in [1.807, 2.05) is 6.92 Å². The van der Waals surface area contributed by atoms with Crippen molar-refractivity contribution in [1.82, 2.24) is 15.8 Å². The topological polar surface area (TPSA) is 119 Å². The summed E-state index contributed by atoms with van der Waals surface area (Å²) in [6, 6.07) is 4.69. The standard InChI is InChI=1S/C18H19N3O6/c1-4-11-14(18(24)25-3)9(2)15(19-11)17(23)21-20-16(22)10-5-6-12-13(7-10)27-8-26-12/h5-7,19H,4,8H2,1-3H3,(H,20,22)(H,21,23). The molecule has 0 saturated heterocycles. The first kappa shape index (κ1) is 18.3. The van der Waals surface area contributed by atoms with E-state index in [9.17, 15) is 14.4 Å². The van der Waals surface area contributed by atoms with E-state index in [2.05, 4.69) is 15.8 Å². The van der Waals surface area contributed by atoms with Crippen molar-refractivity contribution in [1.29, 1.82) is 0 Å². The summed E-state index contributed by atoms with van der Waals surface area (Å²) in [6.07, 6.45) is 0.516. The van der Waals surface area contributed by atoms with Crippen LogP contribution in [0.5, 0.6) is 11.5 Å². The lowest BCUT2D eigenvalue weighted by molar-refractivity contribution is 0.0598. The Balaban J connectivity index is 1.71. The van der Waals surface area contributed by atoms with E-state index in [1.165, 1.54) is 13.2 Å². The molecule has 2 heterocycles. The van der Waals surface area contributed by atoms with Crippen LogP contribution in [0.2, 0.25) is 0 Å². The maximum Gasteiger partial charge on any atom is 0.339 e. The third-order valence-corrected chi connectivity index (χ3v) is 4.22. The second-order valence-electron chi connectivity index (χ2n) is 5.80. The van der Waals surface area contributed by atoms with Gasteiger partial charge in [0.15, 0.2) is 11.5 Å². The summed E-state index contributed by atoms with van der Waals surface area (Å²) in [6.45, 7) is 3.59. The van der Waals surface area contributed by atoms with E-state index in [1.54, 1.807) is 19.1 Å². The molecular weight excluding hydrogens is 354 g/mol. The predicted octanol–water partition coefficient (Wildman–Crippen LogP) is 1.48. The van der Waals surface area contributed by atoms with E-state index in [4.69, 9.17) is 14.2 Å². The highest BCUT2D eigenvalue weighted by Crippen LogP contribution is 2.32. The van der Waals surface area contributed by atoms with Gasteiger partial charge in [-0.3, -0.25) is 20.4 Å². The number of benzene rings is 1. The van der Waals surface area contributed by atoms with Crippen LogP contribution in [-0.4, -0.2) is 36.7 Å². The number of carbonyl (C=O) groups excluding carboxylic acids is 3. The number of carbonyl (C=O) groups is 3. The van der Waals surface area contributed by atoms with Gasteiger partial charge >= 0.3 is 5.97 Å². The summed E-state index contributed by atoms with van der Waals surface area (Å²) in [5.41, 5.74) is 6.51. The number of fused-ring (bicyclic) bond motifs is 1. The molecule has 0 unspecified atom stereocenters. The summed E-state index contributed by atoms with van der Waals surface area (Å²) in [5.74, 6) is -0.602. The molecule has 2 aromatic rings. The van der Waals surface area contributed by atoms with Crippen molar-refractivity contribution in [3.8, 4) is 11.5 Å². The Morgan fingerprint density at radius 3 is 2.56 bits per heavy atom. The molecule has 0 bridgehead atoms. The minimum atomic E-state index is -0.577. The molecule has 27 heavy (non-hydrogen) atoms. The van der Waals surface area contributed by atoms with Crippen LogP contribution in [-0.2, 0) is 11.2 Å². The lowest BCUT2D eigenvalue weighted by Gasteiger charge is -2.08. The number of hydrazine groups is 1. The Hall–Kier alpha value is -3.49. The van der Waals surface area contributed by atoms with E-state index in [0.29, 0.717) is 40.3 Å². The predicted molar refractivity (Wildman–Crippen MR) is 93.7 cm³/mol. The SMILES string of the molecule is CCc1[nH]c(C(=O)NNC(=O)c2ccc3c(c2)OCO3)c(C)c1C(=O)OC. The third kappa shape index (κ3) is 3.43. The lowest BCUT2D eigenvalue weighted by Crippen LogP contribution is -2.42.